The average molecular weight is 273 g/mol. The lowest BCUT2D eigenvalue weighted by atomic mass is 10.0. The lowest BCUT2D eigenvalue weighted by Gasteiger charge is -2.34. The van der Waals surface area contributed by atoms with Gasteiger partial charge in [0.2, 0.25) is 0 Å². The van der Waals surface area contributed by atoms with Gasteiger partial charge in [-0.3, -0.25) is 4.90 Å². The van der Waals surface area contributed by atoms with E-state index in [4.69, 9.17) is 0 Å². The third-order valence-corrected chi connectivity index (χ3v) is 3.54. The number of piperazine rings is 1. The van der Waals surface area contributed by atoms with Crippen molar-refractivity contribution in [1.29, 1.82) is 0 Å². The quantitative estimate of drug-likeness (QED) is 0.843. The lowest BCUT2D eigenvalue weighted by Crippen LogP contribution is -2.44. The Kier molecular flexibility index (Phi) is 3.38. The van der Waals surface area contributed by atoms with Gasteiger partial charge in [0.05, 0.1) is 6.04 Å². The monoisotopic (exact) mass is 272 g/mol. The molecule has 0 bridgehead atoms. The normalized spacial score (nSPS) is 23.0. The minimum atomic E-state index is -0.134. The molecule has 1 heterocycles. The molecule has 2 nitrogen and oxygen atoms in total. The summed E-state index contributed by atoms with van der Waals surface area (Å²) in [7, 11) is 2.03. The largest absolute Gasteiger partial charge is 0.314 e. The summed E-state index contributed by atoms with van der Waals surface area (Å²) in [5.41, 5.74) is 0.757. The Hall–Kier alpha value is -0.450. The van der Waals surface area contributed by atoms with Crippen molar-refractivity contribution in [3.63, 3.8) is 0 Å². The van der Waals surface area contributed by atoms with E-state index in [1.54, 1.807) is 6.07 Å². The summed E-state index contributed by atoms with van der Waals surface area (Å²) >= 11 is 3.42. The topological polar surface area (TPSA) is 15.3 Å². The average Bonchev–Trinajstić information content (AvgIpc) is 2.20. The van der Waals surface area contributed by atoms with Crippen LogP contribution in [0, 0.1) is 5.82 Å². The van der Waals surface area contributed by atoms with Gasteiger partial charge in [0, 0.05) is 29.7 Å². The van der Waals surface area contributed by atoms with Crippen LogP contribution < -0.4 is 5.32 Å². The molecule has 1 atom stereocenters. The second-order valence-electron chi connectivity index (χ2n) is 3.84. The molecule has 0 aliphatic carbocycles. The van der Waals surface area contributed by atoms with Crippen molar-refractivity contribution in [3.8, 4) is 0 Å². The number of nitrogens with zero attached hydrogens (tertiary/aromatic N) is 1. The summed E-state index contributed by atoms with van der Waals surface area (Å²) in [6.45, 7) is 2.72. The van der Waals surface area contributed by atoms with Gasteiger partial charge in [0.15, 0.2) is 0 Å². The van der Waals surface area contributed by atoms with Crippen LogP contribution in [-0.2, 0) is 0 Å². The molecular formula is C11H14BrFN2. The van der Waals surface area contributed by atoms with Crippen LogP contribution in [0.25, 0.3) is 0 Å². The summed E-state index contributed by atoms with van der Waals surface area (Å²) in [6, 6.07) is 5.25. The van der Waals surface area contributed by atoms with Crippen molar-refractivity contribution >= 4 is 15.9 Å². The molecule has 82 valence electrons. The van der Waals surface area contributed by atoms with E-state index in [1.807, 2.05) is 13.1 Å². The SMILES string of the molecule is CN1CCNCC1c1c(F)cccc1Br. The number of hydrogen-bond acceptors (Lipinski definition) is 2. The highest BCUT2D eigenvalue weighted by molar-refractivity contribution is 9.10. The predicted molar refractivity (Wildman–Crippen MR) is 62.3 cm³/mol. The molecule has 0 radical (unpaired) electrons. The molecule has 1 aromatic carbocycles. The number of hydrogen-bond donors (Lipinski definition) is 1. The molecule has 15 heavy (non-hydrogen) atoms. The molecule has 2 rings (SSSR count). The van der Waals surface area contributed by atoms with Crippen LogP contribution in [0.5, 0.6) is 0 Å². The van der Waals surface area contributed by atoms with E-state index < -0.39 is 0 Å². The molecular weight excluding hydrogens is 259 g/mol. The van der Waals surface area contributed by atoms with Crippen molar-refractivity contribution in [1.82, 2.24) is 10.2 Å². The standard InChI is InChI=1S/C11H14BrFN2/c1-15-6-5-14-7-10(15)11-8(12)3-2-4-9(11)13/h2-4,10,14H,5-7H2,1H3. The maximum absolute atomic E-state index is 13.7. The first kappa shape index (κ1) is 11.0. The number of likely N-dealkylation sites (N-methyl/N-ethyl adjacent to an activating group) is 1. The Balaban J connectivity index is 2.35. The number of benzene rings is 1. The second-order valence-corrected chi connectivity index (χ2v) is 4.69. The van der Waals surface area contributed by atoms with E-state index in [1.165, 1.54) is 6.07 Å². The third kappa shape index (κ3) is 2.22. The van der Waals surface area contributed by atoms with Crippen LogP contribution in [0.15, 0.2) is 22.7 Å². The summed E-state index contributed by atoms with van der Waals surface area (Å²) in [6.07, 6.45) is 0. The Morgan fingerprint density at radius 1 is 1.53 bits per heavy atom. The smallest absolute Gasteiger partial charge is 0.129 e. The molecule has 0 saturated carbocycles. The fourth-order valence-electron chi connectivity index (χ4n) is 1.96. The van der Waals surface area contributed by atoms with E-state index >= 15 is 0 Å². The van der Waals surface area contributed by atoms with Gasteiger partial charge in [0.1, 0.15) is 5.82 Å². The Labute approximate surface area is 97.6 Å². The molecule has 0 amide bonds. The Morgan fingerprint density at radius 2 is 2.33 bits per heavy atom. The molecule has 1 fully saturated rings. The van der Waals surface area contributed by atoms with E-state index in [0.717, 1.165) is 29.7 Å². The van der Waals surface area contributed by atoms with Crippen LogP contribution in [0.4, 0.5) is 4.39 Å². The first-order valence-corrected chi connectivity index (χ1v) is 5.84. The summed E-state index contributed by atoms with van der Waals surface area (Å²) in [4.78, 5) is 2.18. The fourth-order valence-corrected chi connectivity index (χ4v) is 2.56. The van der Waals surface area contributed by atoms with Crippen molar-refractivity contribution in [2.24, 2.45) is 0 Å². The van der Waals surface area contributed by atoms with Crippen LogP contribution in [0.2, 0.25) is 0 Å². The highest BCUT2D eigenvalue weighted by Crippen LogP contribution is 2.30. The zero-order valence-corrected chi connectivity index (χ0v) is 10.2. The van der Waals surface area contributed by atoms with Gasteiger partial charge >= 0.3 is 0 Å². The number of halogens is 2. The Morgan fingerprint density at radius 3 is 3.00 bits per heavy atom. The zero-order chi connectivity index (χ0) is 10.8. The van der Waals surface area contributed by atoms with Crippen LogP contribution in [-0.4, -0.2) is 31.6 Å². The second kappa shape index (κ2) is 4.60. The maximum Gasteiger partial charge on any atom is 0.129 e. The molecule has 1 unspecified atom stereocenters. The van der Waals surface area contributed by atoms with Gasteiger partial charge < -0.3 is 5.32 Å². The first-order chi connectivity index (χ1) is 7.20. The first-order valence-electron chi connectivity index (χ1n) is 5.05. The predicted octanol–water partition coefficient (Wildman–Crippen LogP) is 2.16. The van der Waals surface area contributed by atoms with Gasteiger partial charge in [-0.25, -0.2) is 4.39 Å². The number of nitrogens with one attached hydrogen (secondary N) is 1. The van der Waals surface area contributed by atoms with Gasteiger partial charge in [-0.2, -0.15) is 0 Å². The van der Waals surface area contributed by atoms with Crippen LogP contribution in [0.1, 0.15) is 11.6 Å². The molecule has 1 aliphatic rings. The van der Waals surface area contributed by atoms with Gasteiger partial charge in [0.25, 0.3) is 0 Å². The highest BCUT2D eigenvalue weighted by atomic mass is 79.9. The summed E-state index contributed by atoms with van der Waals surface area (Å²) < 4.78 is 14.6. The minimum Gasteiger partial charge on any atom is -0.314 e. The van der Waals surface area contributed by atoms with Gasteiger partial charge in [-0.05, 0) is 19.2 Å². The number of rotatable bonds is 1. The molecule has 1 N–H and O–H groups in total. The van der Waals surface area contributed by atoms with E-state index in [9.17, 15) is 4.39 Å². The Bertz CT molecular complexity index is 336. The molecule has 4 heteroatoms. The molecule has 1 aliphatic heterocycles. The van der Waals surface area contributed by atoms with Crippen molar-refractivity contribution < 1.29 is 4.39 Å². The molecule has 1 aromatic rings. The minimum absolute atomic E-state index is 0.120. The van der Waals surface area contributed by atoms with E-state index in [0.29, 0.717) is 0 Å². The van der Waals surface area contributed by atoms with Gasteiger partial charge in [-0.15, -0.1) is 0 Å². The zero-order valence-electron chi connectivity index (χ0n) is 8.63. The molecule has 0 spiro atoms. The van der Waals surface area contributed by atoms with Crippen LogP contribution >= 0.6 is 15.9 Å². The summed E-state index contributed by atoms with van der Waals surface area (Å²) in [5, 5.41) is 3.29. The van der Waals surface area contributed by atoms with Crippen molar-refractivity contribution in [2.75, 3.05) is 26.7 Å². The van der Waals surface area contributed by atoms with E-state index in [2.05, 4.69) is 26.1 Å². The van der Waals surface area contributed by atoms with Crippen molar-refractivity contribution in [3.05, 3.63) is 34.1 Å². The molecule has 1 saturated heterocycles. The summed E-state index contributed by atoms with van der Waals surface area (Å²) in [5.74, 6) is -0.134. The van der Waals surface area contributed by atoms with Crippen molar-refractivity contribution in [2.45, 2.75) is 6.04 Å². The highest BCUT2D eigenvalue weighted by Gasteiger charge is 2.24. The van der Waals surface area contributed by atoms with Gasteiger partial charge in [-0.1, -0.05) is 22.0 Å². The maximum atomic E-state index is 13.7. The third-order valence-electron chi connectivity index (χ3n) is 2.84. The van der Waals surface area contributed by atoms with Crippen LogP contribution in [0.3, 0.4) is 0 Å². The lowest BCUT2D eigenvalue weighted by molar-refractivity contribution is 0.197. The fraction of sp³-hybridized carbons (Fsp3) is 0.455. The molecule has 0 aromatic heterocycles. The van der Waals surface area contributed by atoms with E-state index in [-0.39, 0.29) is 11.9 Å².